The Hall–Kier alpha value is -3.08. The largest absolute Gasteiger partial charge is 0.370 e. The second kappa shape index (κ2) is 7.31. The van der Waals surface area contributed by atoms with Gasteiger partial charge in [-0.15, -0.1) is 0 Å². The molecule has 5 heteroatoms. The van der Waals surface area contributed by atoms with Gasteiger partial charge in [0.25, 0.3) is 0 Å². The van der Waals surface area contributed by atoms with Crippen LogP contribution in [0.1, 0.15) is 49.2 Å². The Bertz CT molecular complexity index is 1080. The number of nitrogens with zero attached hydrogens (tertiary/aromatic N) is 1. The van der Waals surface area contributed by atoms with Gasteiger partial charge in [-0.25, -0.2) is 4.98 Å². The zero-order chi connectivity index (χ0) is 20.7. The number of ketones is 1. The number of Topliss-reactive ketones (excluding diaryl/α,β-unsaturated/α-hetero) is 1. The lowest BCUT2D eigenvalue weighted by molar-refractivity contribution is 0.0912. The lowest BCUT2D eigenvalue weighted by Gasteiger charge is -2.28. The van der Waals surface area contributed by atoms with Gasteiger partial charge in [0.15, 0.2) is 5.78 Å². The van der Waals surface area contributed by atoms with Crippen LogP contribution in [-0.4, -0.2) is 22.3 Å². The van der Waals surface area contributed by atoms with E-state index in [1.165, 1.54) is 12.8 Å². The summed E-state index contributed by atoms with van der Waals surface area (Å²) in [5.41, 5.74) is 5.61. The number of nitrogens with one attached hydrogen (secondary N) is 3. The summed E-state index contributed by atoms with van der Waals surface area (Å²) in [7, 11) is 0. The number of carbonyl (C=O) groups is 1. The zero-order valence-corrected chi connectivity index (χ0v) is 17.6. The Balaban J connectivity index is 1.57. The third-order valence-corrected chi connectivity index (χ3v) is 6.01. The third kappa shape index (κ3) is 3.84. The first-order chi connectivity index (χ1) is 14.5. The van der Waals surface area contributed by atoms with E-state index in [-0.39, 0.29) is 11.2 Å². The first kappa shape index (κ1) is 18.9. The maximum Gasteiger partial charge on any atom is 0.167 e. The maximum absolute atomic E-state index is 13.1. The van der Waals surface area contributed by atoms with Gasteiger partial charge in [-0.2, -0.15) is 0 Å². The number of anilines is 3. The van der Waals surface area contributed by atoms with E-state index in [1.54, 1.807) is 0 Å². The van der Waals surface area contributed by atoms with Crippen molar-refractivity contribution in [2.24, 2.45) is 11.3 Å². The van der Waals surface area contributed by atoms with Crippen molar-refractivity contribution in [3.05, 3.63) is 59.9 Å². The smallest absolute Gasteiger partial charge is 0.167 e. The number of rotatable bonds is 6. The first-order valence-corrected chi connectivity index (χ1v) is 10.8. The normalized spacial score (nSPS) is 17.5. The van der Waals surface area contributed by atoms with Gasteiger partial charge in [0, 0.05) is 36.1 Å². The molecule has 5 rings (SSSR count). The second-order valence-electron chi connectivity index (χ2n) is 9.41. The fourth-order valence-corrected chi connectivity index (χ4v) is 4.32. The monoisotopic (exact) mass is 400 g/mol. The van der Waals surface area contributed by atoms with Gasteiger partial charge in [-0.05, 0) is 54.9 Å². The molecule has 0 saturated heterocycles. The molecule has 0 bridgehead atoms. The average molecular weight is 401 g/mol. The number of pyridine rings is 1. The standard InChI is InChI=1S/C25H28N4O/c1-25(2)13-19-22(20(30)14-25)24(28-18-6-4-3-5-7-18)23(29-19)17-10-11-26-21(12-17)27-15-16-8-9-16/h3-7,10-12,16,28-29H,8-9,13-15H2,1-2H3,(H,26,27). The minimum absolute atomic E-state index is 0.0363. The Morgan fingerprint density at radius 1 is 1.13 bits per heavy atom. The SMILES string of the molecule is CC1(C)CC(=O)c2c([nH]c(-c3ccnc(NCC4CC4)c3)c2Nc2ccccc2)C1. The van der Waals surface area contributed by atoms with Crippen LogP contribution in [-0.2, 0) is 6.42 Å². The van der Waals surface area contributed by atoms with Gasteiger partial charge in [0.1, 0.15) is 5.82 Å². The van der Waals surface area contributed by atoms with E-state index in [0.717, 1.165) is 58.6 Å². The van der Waals surface area contributed by atoms with Crippen LogP contribution in [0, 0.1) is 11.3 Å². The van der Waals surface area contributed by atoms with Gasteiger partial charge in [0.05, 0.1) is 16.9 Å². The molecule has 154 valence electrons. The number of hydrogen-bond donors (Lipinski definition) is 3. The zero-order valence-electron chi connectivity index (χ0n) is 17.6. The van der Waals surface area contributed by atoms with Gasteiger partial charge in [-0.3, -0.25) is 4.79 Å². The third-order valence-electron chi connectivity index (χ3n) is 6.01. The maximum atomic E-state index is 13.1. The van der Waals surface area contributed by atoms with E-state index in [2.05, 4.69) is 40.5 Å². The van der Waals surface area contributed by atoms with Crippen molar-refractivity contribution in [2.75, 3.05) is 17.2 Å². The molecule has 1 fully saturated rings. The molecule has 30 heavy (non-hydrogen) atoms. The molecule has 0 spiro atoms. The first-order valence-electron chi connectivity index (χ1n) is 10.8. The topological polar surface area (TPSA) is 69.8 Å². The van der Waals surface area contributed by atoms with Crippen LogP contribution in [0.5, 0.6) is 0 Å². The summed E-state index contributed by atoms with van der Waals surface area (Å²) >= 11 is 0. The molecule has 2 heterocycles. The fourth-order valence-electron chi connectivity index (χ4n) is 4.32. The Kier molecular flexibility index (Phi) is 4.61. The molecule has 1 saturated carbocycles. The number of para-hydroxylation sites is 1. The van der Waals surface area contributed by atoms with E-state index in [9.17, 15) is 4.79 Å². The summed E-state index contributed by atoms with van der Waals surface area (Å²) in [5, 5.41) is 6.98. The van der Waals surface area contributed by atoms with Gasteiger partial charge in [-0.1, -0.05) is 32.0 Å². The highest BCUT2D eigenvalue weighted by molar-refractivity contribution is 6.07. The van der Waals surface area contributed by atoms with Gasteiger partial charge >= 0.3 is 0 Å². The van der Waals surface area contributed by atoms with Crippen molar-refractivity contribution in [1.29, 1.82) is 0 Å². The number of carbonyl (C=O) groups excluding carboxylic acids is 1. The number of hydrogen-bond acceptors (Lipinski definition) is 4. The minimum atomic E-state index is -0.0363. The van der Waals surface area contributed by atoms with Crippen molar-refractivity contribution in [1.82, 2.24) is 9.97 Å². The molecule has 2 aliphatic carbocycles. The molecule has 2 aliphatic rings. The van der Waals surface area contributed by atoms with Crippen LogP contribution in [0.2, 0.25) is 0 Å². The molecule has 3 N–H and O–H groups in total. The van der Waals surface area contributed by atoms with Gasteiger partial charge < -0.3 is 15.6 Å². The van der Waals surface area contributed by atoms with E-state index in [1.807, 2.05) is 42.6 Å². The lowest BCUT2D eigenvalue weighted by Crippen LogP contribution is -2.26. The van der Waals surface area contributed by atoms with Crippen LogP contribution in [0.15, 0.2) is 48.7 Å². The highest BCUT2D eigenvalue weighted by Gasteiger charge is 2.35. The van der Waals surface area contributed by atoms with Crippen LogP contribution in [0.4, 0.5) is 17.2 Å². The number of benzene rings is 1. The Labute approximate surface area is 177 Å². The molecule has 0 amide bonds. The summed E-state index contributed by atoms with van der Waals surface area (Å²) in [4.78, 5) is 21.2. The minimum Gasteiger partial charge on any atom is -0.370 e. The Morgan fingerprint density at radius 2 is 1.93 bits per heavy atom. The van der Waals surface area contributed by atoms with Crippen molar-refractivity contribution >= 4 is 23.0 Å². The summed E-state index contributed by atoms with van der Waals surface area (Å²) in [6.45, 7) is 5.29. The van der Waals surface area contributed by atoms with E-state index in [0.29, 0.717) is 6.42 Å². The number of H-pyrrole nitrogens is 1. The average Bonchev–Trinajstić information content (AvgIpc) is 3.48. The van der Waals surface area contributed by atoms with Crippen LogP contribution in [0.3, 0.4) is 0 Å². The summed E-state index contributed by atoms with van der Waals surface area (Å²) < 4.78 is 0. The van der Waals surface area contributed by atoms with E-state index >= 15 is 0 Å². The molecule has 5 nitrogen and oxygen atoms in total. The number of aromatic nitrogens is 2. The summed E-state index contributed by atoms with van der Waals surface area (Å²) in [6.07, 6.45) is 5.86. The lowest BCUT2D eigenvalue weighted by atomic mass is 9.76. The molecular weight excluding hydrogens is 372 g/mol. The highest BCUT2D eigenvalue weighted by atomic mass is 16.1. The molecular formula is C25H28N4O. The molecule has 2 aromatic heterocycles. The van der Waals surface area contributed by atoms with Crippen molar-refractivity contribution in [2.45, 2.75) is 39.5 Å². The predicted octanol–water partition coefficient (Wildman–Crippen LogP) is 5.80. The summed E-state index contributed by atoms with van der Waals surface area (Å²) in [6, 6.07) is 14.1. The Morgan fingerprint density at radius 3 is 2.70 bits per heavy atom. The fraction of sp³-hybridized carbons (Fsp3) is 0.360. The summed E-state index contributed by atoms with van der Waals surface area (Å²) in [5.74, 6) is 1.86. The van der Waals surface area contributed by atoms with Crippen molar-refractivity contribution in [3.63, 3.8) is 0 Å². The van der Waals surface area contributed by atoms with Crippen LogP contribution < -0.4 is 10.6 Å². The predicted molar refractivity (Wildman–Crippen MR) is 121 cm³/mol. The highest BCUT2D eigenvalue weighted by Crippen LogP contribution is 2.43. The van der Waals surface area contributed by atoms with E-state index in [4.69, 9.17) is 0 Å². The second-order valence-corrected chi connectivity index (χ2v) is 9.41. The van der Waals surface area contributed by atoms with Gasteiger partial charge in [0.2, 0.25) is 0 Å². The molecule has 3 aromatic rings. The molecule has 0 radical (unpaired) electrons. The number of aromatic amines is 1. The van der Waals surface area contributed by atoms with Crippen LogP contribution in [0.25, 0.3) is 11.3 Å². The molecule has 0 unspecified atom stereocenters. The van der Waals surface area contributed by atoms with E-state index < -0.39 is 0 Å². The van der Waals surface area contributed by atoms with Crippen molar-refractivity contribution < 1.29 is 4.79 Å². The molecule has 0 atom stereocenters. The quantitative estimate of drug-likeness (QED) is 0.489. The van der Waals surface area contributed by atoms with Crippen LogP contribution >= 0.6 is 0 Å². The number of fused-ring (bicyclic) bond motifs is 1. The molecule has 1 aromatic carbocycles. The van der Waals surface area contributed by atoms with Crippen molar-refractivity contribution in [3.8, 4) is 11.3 Å². The molecule has 0 aliphatic heterocycles.